The van der Waals surface area contributed by atoms with Crippen LogP contribution in [0.1, 0.15) is 12.0 Å². The lowest BCUT2D eigenvalue weighted by Gasteiger charge is -2.21. The number of rotatable bonds is 4. The van der Waals surface area contributed by atoms with Gasteiger partial charge in [-0.3, -0.25) is 4.98 Å². The third-order valence-electron chi connectivity index (χ3n) is 4.94. The molecule has 0 saturated carbocycles. The highest BCUT2D eigenvalue weighted by molar-refractivity contribution is 7.89. The van der Waals surface area contributed by atoms with Gasteiger partial charge in [0.2, 0.25) is 10.0 Å². The number of anilines is 1. The minimum Gasteiger partial charge on any atom is -0.369 e. The molecule has 1 atom stereocenters. The van der Waals surface area contributed by atoms with E-state index in [4.69, 9.17) is 23.2 Å². The Kier molecular flexibility index (Phi) is 5.22. The minimum atomic E-state index is -3.75. The molecular formula is C20H19Cl2N3O2S. The highest BCUT2D eigenvalue weighted by Crippen LogP contribution is 2.31. The third kappa shape index (κ3) is 3.70. The van der Waals surface area contributed by atoms with Crippen molar-refractivity contribution < 1.29 is 8.42 Å². The Balaban J connectivity index is 1.57. The van der Waals surface area contributed by atoms with E-state index in [2.05, 4.69) is 14.6 Å². The second-order valence-electron chi connectivity index (χ2n) is 6.93. The normalized spacial score (nSPS) is 17.4. The first-order chi connectivity index (χ1) is 13.3. The first-order valence-corrected chi connectivity index (χ1v) is 11.2. The topological polar surface area (TPSA) is 62.3 Å². The highest BCUT2D eigenvalue weighted by Gasteiger charge is 2.30. The quantitative estimate of drug-likeness (QED) is 0.658. The van der Waals surface area contributed by atoms with E-state index in [0.717, 1.165) is 23.1 Å². The number of pyridine rings is 1. The van der Waals surface area contributed by atoms with Crippen LogP contribution < -0.4 is 9.62 Å². The molecule has 5 nitrogen and oxygen atoms in total. The SMILES string of the molecule is Cc1cc(Cl)cc(Cl)c1S(=O)(=O)N[C@H]1CCN(c2cccc3ncccc23)C1. The Bertz CT molecular complexity index is 1120. The van der Waals surface area contributed by atoms with Gasteiger partial charge in [0.25, 0.3) is 0 Å². The molecule has 1 N–H and O–H groups in total. The van der Waals surface area contributed by atoms with E-state index in [1.54, 1.807) is 19.2 Å². The van der Waals surface area contributed by atoms with Gasteiger partial charge in [-0.05, 0) is 55.3 Å². The van der Waals surface area contributed by atoms with E-state index in [1.165, 1.54) is 6.07 Å². The monoisotopic (exact) mass is 435 g/mol. The molecule has 1 aliphatic heterocycles. The van der Waals surface area contributed by atoms with Crippen molar-refractivity contribution in [3.05, 3.63) is 64.3 Å². The summed E-state index contributed by atoms with van der Waals surface area (Å²) >= 11 is 12.1. The van der Waals surface area contributed by atoms with Crippen molar-refractivity contribution >= 4 is 49.8 Å². The van der Waals surface area contributed by atoms with Crippen LogP contribution in [0.2, 0.25) is 10.0 Å². The molecule has 8 heteroatoms. The van der Waals surface area contributed by atoms with Crippen LogP contribution in [0.4, 0.5) is 5.69 Å². The number of benzene rings is 2. The van der Waals surface area contributed by atoms with Crippen LogP contribution >= 0.6 is 23.2 Å². The Labute approximate surface area is 174 Å². The van der Waals surface area contributed by atoms with Gasteiger partial charge in [-0.1, -0.05) is 29.3 Å². The molecular weight excluding hydrogens is 417 g/mol. The summed E-state index contributed by atoms with van der Waals surface area (Å²) in [5.41, 5.74) is 2.51. The van der Waals surface area contributed by atoms with Crippen LogP contribution in [0.3, 0.4) is 0 Å². The highest BCUT2D eigenvalue weighted by atomic mass is 35.5. The number of nitrogens with zero attached hydrogens (tertiary/aromatic N) is 2. The van der Waals surface area contributed by atoms with Gasteiger partial charge in [-0.2, -0.15) is 0 Å². The van der Waals surface area contributed by atoms with Crippen molar-refractivity contribution in [3.63, 3.8) is 0 Å². The molecule has 0 amide bonds. The average Bonchev–Trinajstić information content (AvgIpc) is 3.07. The van der Waals surface area contributed by atoms with Gasteiger partial charge in [-0.25, -0.2) is 13.1 Å². The molecule has 3 aromatic rings. The summed E-state index contributed by atoms with van der Waals surface area (Å²) in [5, 5.41) is 1.61. The number of fused-ring (bicyclic) bond motifs is 1. The second-order valence-corrected chi connectivity index (χ2v) is 9.43. The minimum absolute atomic E-state index is 0.0892. The fraction of sp³-hybridized carbons (Fsp3) is 0.250. The van der Waals surface area contributed by atoms with Crippen molar-refractivity contribution in [1.82, 2.24) is 9.71 Å². The standard InChI is InChI=1S/C20H19Cl2N3O2S/c1-13-10-14(21)11-17(22)20(13)28(26,27)24-15-7-9-25(12-15)19-6-2-5-18-16(19)4-3-8-23-18/h2-6,8,10-11,15,24H,7,9,12H2,1H3/t15-/m0/s1. The molecule has 1 saturated heterocycles. The maximum absolute atomic E-state index is 12.9. The second kappa shape index (κ2) is 7.52. The van der Waals surface area contributed by atoms with E-state index < -0.39 is 10.0 Å². The van der Waals surface area contributed by atoms with Crippen LogP contribution in [0, 0.1) is 6.92 Å². The molecule has 4 rings (SSSR count). The van der Waals surface area contributed by atoms with Crippen molar-refractivity contribution in [2.24, 2.45) is 0 Å². The lowest BCUT2D eigenvalue weighted by molar-refractivity contribution is 0.561. The lowest BCUT2D eigenvalue weighted by atomic mass is 10.1. The number of sulfonamides is 1. The van der Waals surface area contributed by atoms with Crippen LogP contribution in [0.15, 0.2) is 53.6 Å². The molecule has 2 aromatic carbocycles. The van der Waals surface area contributed by atoms with Gasteiger partial charge >= 0.3 is 0 Å². The first kappa shape index (κ1) is 19.5. The molecule has 0 aliphatic carbocycles. The Morgan fingerprint density at radius 2 is 2.00 bits per heavy atom. The van der Waals surface area contributed by atoms with Crippen LogP contribution in [0.5, 0.6) is 0 Å². The van der Waals surface area contributed by atoms with Crippen molar-refractivity contribution in [2.45, 2.75) is 24.3 Å². The number of aryl methyl sites for hydroxylation is 1. The summed E-state index contributed by atoms with van der Waals surface area (Å²) in [4.78, 5) is 6.67. The molecule has 1 aromatic heterocycles. The van der Waals surface area contributed by atoms with Crippen molar-refractivity contribution in [2.75, 3.05) is 18.0 Å². The average molecular weight is 436 g/mol. The van der Waals surface area contributed by atoms with Gasteiger partial charge in [0.1, 0.15) is 4.90 Å². The molecule has 1 aliphatic rings. The van der Waals surface area contributed by atoms with Crippen molar-refractivity contribution in [1.29, 1.82) is 0 Å². The third-order valence-corrected chi connectivity index (χ3v) is 7.29. The van der Waals surface area contributed by atoms with Gasteiger partial charge in [-0.15, -0.1) is 0 Å². The fourth-order valence-electron chi connectivity index (χ4n) is 3.75. The molecule has 0 radical (unpaired) electrons. The summed E-state index contributed by atoms with van der Waals surface area (Å²) in [7, 11) is -3.75. The molecule has 0 unspecified atom stereocenters. The van der Waals surface area contributed by atoms with Crippen molar-refractivity contribution in [3.8, 4) is 0 Å². The number of nitrogens with one attached hydrogen (secondary N) is 1. The molecule has 146 valence electrons. The first-order valence-electron chi connectivity index (χ1n) is 8.92. The summed E-state index contributed by atoms with van der Waals surface area (Å²) < 4.78 is 28.7. The largest absolute Gasteiger partial charge is 0.369 e. The van der Waals surface area contributed by atoms with Crippen LogP contribution in [0.25, 0.3) is 10.9 Å². The number of hydrogen-bond donors (Lipinski definition) is 1. The maximum Gasteiger partial charge on any atom is 0.242 e. The predicted octanol–water partition coefficient (Wildman–Crippen LogP) is 4.41. The van der Waals surface area contributed by atoms with Gasteiger partial charge < -0.3 is 4.90 Å². The van der Waals surface area contributed by atoms with E-state index in [1.807, 2.05) is 30.3 Å². The summed E-state index contributed by atoms with van der Waals surface area (Å²) in [6.07, 6.45) is 2.48. The lowest BCUT2D eigenvalue weighted by Crippen LogP contribution is -2.37. The molecule has 28 heavy (non-hydrogen) atoms. The van der Waals surface area contributed by atoms with E-state index >= 15 is 0 Å². The van der Waals surface area contributed by atoms with E-state index in [-0.39, 0.29) is 16.0 Å². The Morgan fingerprint density at radius 1 is 1.18 bits per heavy atom. The smallest absolute Gasteiger partial charge is 0.242 e. The van der Waals surface area contributed by atoms with Gasteiger partial charge in [0.05, 0.1) is 10.5 Å². The van der Waals surface area contributed by atoms with Crippen LogP contribution in [-0.4, -0.2) is 32.5 Å². The molecule has 1 fully saturated rings. The maximum atomic E-state index is 12.9. The molecule has 2 heterocycles. The Hall–Kier alpha value is -1.86. The van der Waals surface area contributed by atoms with Crippen LogP contribution in [-0.2, 0) is 10.0 Å². The zero-order valence-electron chi connectivity index (χ0n) is 15.2. The van der Waals surface area contributed by atoms with E-state index in [9.17, 15) is 8.42 Å². The summed E-state index contributed by atoms with van der Waals surface area (Å²) in [6, 6.07) is 12.8. The number of hydrogen-bond acceptors (Lipinski definition) is 4. The van der Waals surface area contributed by atoms with E-state index in [0.29, 0.717) is 23.6 Å². The van der Waals surface area contributed by atoms with Gasteiger partial charge in [0.15, 0.2) is 0 Å². The number of halogens is 2. The molecule has 0 bridgehead atoms. The fourth-order valence-corrected chi connectivity index (χ4v) is 6.19. The molecule has 0 spiro atoms. The zero-order chi connectivity index (χ0) is 19.9. The predicted molar refractivity (Wildman–Crippen MR) is 114 cm³/mol. The van der Waals surface area contributed by atoms with Gasteiger partial charge in [0, 0.05) is 41.4 Å². The Morgan fingerprint density at radius 3 is 2.79 bits per heavy atom. The summed E-state index contributed by atoms with van der Waals surface area (Å²) in [5.74, 6) is 0. The number of aromatic nitrogens is 1. The summed E-state index contributed by atoms with van der Waals surface area (Å²) in [6.45, 7) is 3.03. The zero-order valence-corrected chi connectivity index (χ0v) is 17.5.